The van der Waals surface area contributed by atoms with Crippen LogP contribution in [0.25, 0.3) is 16.8 Å². The van der Waals surface area contributed by atoms with Crippen LogP contribution in [0.15, 0.2) is 66.7 Å². The first-order valence-corrected chi connectivity index (χ1v) is 9.64. The van der Waals surface area contributed by atoms with E-state index >= 15 is 0 Å². The molecule has 0 atom stereocenters. The molecule has 3 rings (SSSR count). The van der Waals surface area contributed by atoms with Gasteiger partial charge in [-0.15, -0.1) is 0 Å². The zero-order chi connectivity index (χ0) is 21.7. The second-order valence-electron chi connectivity index (χ2n) is 7.87. The normalized spacial score (nSPS) is 11.5. The summed E-state index contributed by atoms with van der Waals surface area (Å²) in [7, 11) is 1.64. The van der Waals surface area contributed by atoms with Crippen molar-refractivity contribution in [2.24, 2.45) is 0 Å². The number of carbonyl (C=O) groups is 2. The molecule has 1 N–H and O–H groups in total. The summed E-state index contributed by atoms with van der Waals surface area (Å²) < 4.78 is 10.5. The van der Waals surface area contributed by atoms with Crippen LogP contribution in [0.1, 0.15) is 36.7 Å². The highest BCUT2D eigenvalue weighted by atomic mass is 16.6. The van der Waals surface area contributed by atoms with Gasteiger partial charge in [0.25, 0.3) is 0 Å². The van der Waals surface area contributed by atoms with Crippen LogP contribution in [-0.2, 0) is 4.74 Å². The summed E-state index contributed by atoms with van der Waals surface area (Å²) in [6.07, 6.45) is 2.80. The van der Waals surface area contributed by atoms with E-state index in [-0.39, 0.29) is 5.78 Å². The highest BCUT2D eigenvalue weighted by molar-refractivity contribution is 6.07. The number of rotatable bonds is 5. The molecule has 0 bridgehead atoms. The predicted molar refractivity (Wildman–Crippen MR) is 120 cm³/mol. The van der Waals surface area contributed by atoms with Crippen LogP contribution < -0.4 is 10.1 Å². The molecule has 1 amide bonds. The van der Waals surface area contributed by atoms with E-state index in [0.717, 1.165) is 22.1 Å². The third-order valence-corrected chi connectivity index (χ3v) is 4.31. The lowest BCUT2D eigenvalue weighted by Gasteiger charge is -2.19. The Labute approximate surface area is 176 Å². The molecular formula is C25H25NO4. The quantitative estimate of drug-likeness (QED) is 0.413. The summed E-state index contributed by atoms with van der Waals surface area (Å²) in [4.78, 5) is 24.3. The van der Waals surface area contributed by atoms with Gasteiger partial charge in [-0.2, -0.15) is 0 Å². The maximum Gasteiger partial charge on any atom is 0.412 e. The minimum Gasteiger partial charge on any atom is -0.497 e. The van der Waals surface area contributed by atoms with E-state index in [1.54, 1.807) is 64.3 Å². The summed E-state index contributed by atoms with van der Waals surface area (Å²) in [6.45, 7) is 5.40. The number of fused-ring (bicyclic) bond motifs is 1. The van der Waals surface area contributed by atoms with E-state index in [1.165, 1.54) is 0 Å². The molecule has 0 saturated carbocycles. The van der Waals surface area contributed by atoms with Crippen molar-refractivity contribution >= 4 is 34.4 Å². The molecule has 0 fully saturated rings. The summed E-state index contributed by atoms with van der Waals surface area (Å²) in [5, 5.41) is 4.80. The number of amides is 1. The lowest BCUT2D eigenvalue weighted by molar-refractivity contribution is 0.0636. The van der Waals surface area contributed by atoms with Crippen LogP contribution in [-0.4, -0.2) is 24.6 Å². The fraction of sp³-hybridized carbons (Fsp3) is 0.200. The number of nitrogens with one attached hydrogen (secondary N) is 1. The van der Waals surface area contributed by atoms with E-state index < -0.39 is 11.7 Å². The first-order chi connectivity index (χ1) is 14.2. The number of allylic oxidation sites excluding steroid dienone is 1. The fourth-order valence-corrected chi connectivity index (χ4v) is 2.88. The van der Waals surface area contributed by atoms with Crippen molar-refractivity contribution in [1.82, 2.24) is 0 Å². The lowest BCUT2D eigenvalue weighted by Crippen LogP contribution is -2.27. The van der Waals surface area contributed by atoms with Crippen LogP contribution in [0, 0.1) is 0 Å². The molecule has 0 aromatic heterocycles. The summed E-state index contributed by atoms with van der Waals surface area (Å²) in [6, 6.07) is 18.5. The Morgan fingerprint density at radius 2 is 1.57 bits per heavy atom. The van der Waals surface area contributed by atoms with Crippen molar-refractivity contribution in [3.8, 4) is 5.75 Å². The van der Waals surface area contributed by atoms with E-state index in [4.69, 9.17) is 9.47 Å². The molecule has 0 aliphatic carbocycles. The maximum atomic E-state index is 12.5. The Hall–Kier alpha value is -3.60. The average molecular weight is 403 g/mol. The Morgan fingerprint density at radius 3 is 2.23 bits per heavy atom. The molecule has 5 heteroatoms. The SMILES string of the molecule is COc1ccc2cc(/C=C/C(=O)c3ccc(NC(=O)OC(C)(C)C)cc3)ccc2c1. The minimum atomic E-state index is -0.570. The number of benzene rings is 3. The van der Waals surface area contributed by atoms with Crippen molar-refractivity contribution in [1.29, 1.82) is 0 Å². The average Bonchev–Trinajstić information content (AvgIpc) is 2.70. The zero-order valence-corrected chi connectivity index (χ0v) is 17.6. The topological polar surface area (TPSA) is 64.6 Å². The van der Waals surface area contributed by atoms with Gasteiger partial charge in [0.15, 0.2) is 5.78 Å². The van der Waals surface area contributed by atoms with Crippen LogP contribution in [0.4, 0.5) is 10.5 Å². The first-order valence-electron chi connectivity index (χ1n) is 9.64. The van der Waals surface area contributed by atoms with Gasteiger partial charge in [0.1, 0.15) is 11.4 Å². The Balaban J connectivity index is 1.66. The van der Waals surface area contributed by atoms with Gasteiger partial charge < -0.3 is 9.47 Å². The van der Waals surface area contributed by atoms with E-state index in [2.05, 4.69) is 5.32 Å². The fourth-order valence-electron chi connectivity index (χ4n) is 2.88. The number of ketones is 1. The van der Waals surface area contributed by atoms with Gasteiger partial charge in [0, 0.05) is 11.3 Å². The molecule has 0 unspecified atom stereocenters. The third kappa shape index (κ3) is 5.70. The molecule has 3 aromatic rings. The molecule has 0 aliphatic rings. The van der Waals surface area contributed by atoms with Gasteiger partial charge >= 0.3 is 6.09 Å². The molecule has 154 valence electrons. The number of anilines is 1. The molecule has 30 heavy (non-hydrogen) atoms. The van der Waals surface area contributed by atoms with Crippen molar-refractivity contribution in [3.63, 3.8) is 0 Å². The number of methoxy groups -OCH3 is 1. The molecule has 5 nitrogen and oxygen atoms in total. The monoisotopic (exact) mass is 403 g/mol. The summed E-state index contributed by atoms with van der Waals surface area (Å²) in [5.41, 5.74) is 1.46. The highest BCUT2D eigenvalue weighted by Gasteiger charge is 2.16. The molecule has 3 aromatic carbocycles. The van der Waals surface area contributed by atoms with Gasteiger partial charge in [0.2, 0.25) is 0 Å². The summed E-state index contributed by atoms with van der Waals surface area (Å²) >= 11 is 0. The maximum absolute atomic E-state index is 12.5. The smallest absolute Gasteiger partial charge is 0.412 e. The van der Waals surface area contributed by atoms with Crippen LogP contribution in [0.2, 0.25) is 0 Å². The van der Waals surface area contributed by atoms with Crippen molar-refractivity contribution < 1.29 is 19.1 Å². The highest BCUT2D eigenvalue weighted by Crippen LogP contribution is 2.22. The van der Waals surface area contributed by atoms with Gasteiger partial charge in [-0.3, -0.25) is 10.1 Å². The number of ether oxygens (including phenoxy) is 2. The van der Waals surface area contributed by atoms with Gasteiger partial charge in [-0.1, -0.05) is 24.3 Å². The lowest BCUT2D eigenvalue weighted by atomic mass is 10.0. The second kappa shape index (κ2) is 8.82. The van der Waals surface area contributed by atoms with E-state index in [9.17, 15) is 9.59 Å². The van der Waals surface area contributed by atoms with Crippen LogP contribution in [0.3, 0.4) is 0 Å². The van der Waals surface area contributed by atoms with Gasteiger partial charge in [-0.25, -0.2) is 4.79 Å². The summed E-state index contributed by atoms with van der Waals surface area (Å²) in [5.74, 6) is 0.694. The number of hydrogen-bond acceptors (Lipinski definition) is 4. The Morgan fingerprint density at radius 1 is 0.900 bits per heavy atom. The molecule has 0 radical (unpaired) electrons. The number of hydrogen-bond donors (Lipinski definition) is 1. The van der Waals surface area contributed by atoms with Crippen molar-refractivity contribution in [2.75, 3.05) is 12.4 Å². The minimum absolute atomic E-state index is 0.117. The van der Waals surface area contributed by atoms with Crippen molar-refractivity contribution in [3.05, 3.63) is 77.9 Å². The van der Waals surface area contributed by atoms with Crippen molar-refractivity contribution in [2.45, 2.75) is 26.4 Å². The predicted octanol–water partition coefficient (Wildman–Crippen LogP) is 6.09. The molecule has 0 spiro atoms. The van der Waals surface area contributed by atoms with Crippen LogP contribution >= 0.6 is 0 Å². The molecule has 0 heterocycles. The molecule has 0 saturated heterocycles. The Kier molecular flexibility index (Phi) is 6.21. The second-order valence-corrected chi connectivity index (χ2v) is 7.87. The molecular weight excluding hydrogens is 378 g/mol. The number of carbonyl (C=O) groups excluding carboxylic acids is 2. The van der Waals surface area contributed by atoms with Crippen LogP contribution in [0.5, 0.6) is 5.75 Å². The Bertz CT molecular complexity index is 1090. The van der Waals surface area contributed by atoms with Gasteiger partial charge in [0.05, 0.1) is 7.11 Å². The molecule has 0 aliphatic heterocycles. The standard InChI is InChI=1S/C25H25NO4/c1-25(2,3)30-24(28)26-21-11-8-18(9-12-21)23(27)14-6-17-5-7-20-16-22(29-4)13-10-19(20)15-17/h5-16H,1-4H3,(H,26,28)/b14-6+. The zero-order valence-electron chi connectivity index (χ0n) is 17.6. The first kappa shape index (κ1) is 21.1. The van der Waals surface area contributed by atoms with E-state index in [1.807, 2.05) is 36.4 Å². The third-order valence-electron chi connectivity index (χ3n) is 4.31. The van der Waals surface area contributed by atoms with E-state index in [0.29, 0.717) is 11.3 Å². The largest absolute Gasteiger partial charge is 0.497 e. The van der Waals surface area contributed by atoms with Gasteiger partial charge in [-0.05, 0) is 85.6 Å².